The van der Waals surface area contributed by atoms with Crippen molar-refractivity contribution < 1.29 is 24.0 Å². The fourth-order valence-electron chi connectivity index (χ4n) is 5.45. The highest BCUT2D eigenvalue weighted by Crippen LogP contribution is 2.39. The molecule has 0 radical (unpaired) electrons. The van der Waals surface area contributed by atoms with Gasteiger partial charge in [0.1, 0.15) is 18.1 Å². The van der Waals surface area contributed by atoms with Crippen LogP contribution in [-0.4, -0.2) is 35.0 Å². The molecule has 0 amide bonds. The summed E-state index contributed by atoms with van der Waals surface area (Å²) in [6, 6.07) is 16.9. The molecule has 4 rings (SSSR count). The molecule has 0 bridgehead atoms. The summed E-state index contributed by atoms with van der Waals surface area (Å²) >= 11 is 1.65. The molecule has 8 heteroatoms. The van der Waals surface area contributed by atoms with E-state index in [0.717, 1.165) is 63.4 Å². The summed E-state index contributed by atoms with van der Waals surface area (Å²) in [4.78, 5) is 48.2. The summed E-state index contributed by atoms with van der Waals surface area (Å²) in [5.74, 6) is 1.08. The molecule has 2 atom stereocenters. The molecule has 1 unspecified atom stereocenters. The summed E-state index contributed by atoms with van der Waals surface area (Å²) in [6.07, 6.45) is 4.94. The molecule has 1 aromatic heterocycles. The van der Waals surface area contributed by atoms with Crippen LogP contribution >= 0.6 is 11.8 Å². The number of ether oxygens (including phenoxy) is 1. The number of pyridine rings is 1. The first-order valence-corrected chi connectivity index (χ1v) is 15.9. The topological polar surface area (TPSA) is 94.6 Å². The Labute approximate surface area is 258 Å². The van der Waals surface area contributed by atoms with Crippen molar-refractivity contribution >= 4 is 35.6 Å². The summed E-state index contributed by atoms with van der Waals surface area (Å²) in [7, 11) is 0. The van der Waals surface area contributed by atoms with Crippen LogP contribution in [0.5, 0.6) is 0 Å². The van der Waals surface area contributed by atoms with E-state index in [4.69, 9.17) is 9.57 Å². The number of hydrogen-bond acceptors (Lipinski definition) is 8. The maximum Gasteiger partial charge on any atom is 0.533 e. The summed E-state index contributed by atoms with van der Waals surface area (Å²) in [5.41, 5.74) is 9.13. The lowest BCUT2D eigenvalue weighted by molar-refractivity contribution is -0.115. The van der Waals surface area contributed by atoms with Gasteiger partial charge in [0.15, 0.2) is 5.78 Å². The predicted molar refractivity (Wildman–Crippen MR) is 170 cm³/mol. The van der Waals surface area contributed by atoms with Crippen molar-refractivity contribution in [2.24, 2.45) is 5.92 Å². The van der Waals surface area contributed by atoms with Crippen molar-refractivity contribution in [1.29, 1.82) is 0 Å². The van der Waals surface area contributed by atoms with Gasteiger partial charge in [0.25, 0.3) is 0 Å². The van der Waals surface area contributed by atoms with Crippen molar-refractivity contribution in [2.45, 2.75) is 77.3 Å². The van der Waals surface area contributed by atoms with Crippen molar-refractivity contribution in [3.8, 4) is 0 Å². The number of aryl methyl sites for hydroxylation is 4. The van der Waals surface area contributed by atoms with E-state index in [-0.39, 0.29) is 11.7 Å². The minimum Gasteiger partial charge on any atom is -0.398 e. The molecule has 0 aliphatic heterocycles. The summed E-state index contributed by atoms with van der Waals surface area (Å²) in [5, 5.41) is 0.940. The Kier molecular flexibility index (Phi) is 11.7. The number of Topliss-reactive ketones (excluding diaryl/α,β-unsaturated/α-hetero) is 1. The van der Waals surface area contributed by atoms with Gasteiger partial charge >= 0.3 is 6.16 Å². The Balaban J connectivity index is 1.55. The van der Waals surface area contributed by atoms with E-state index in [2.05, 4.69) is 43.4 Å². The third-order valence-electron chi connectivity index (χ3n) is 7.59. The van der Waals surface area contributed by atoms with Gasteiger partial charge in [-0.1, -0.05) is 67.9 Å². The first-order valence-electron chi connectivity index (χ1n) is 14.9. The van der Waals surface area contributed by atoms with E-state index < -0.39 is 12.2 Å². The zero-order chi connectivity index (χ0) is 30.8. The third-order valence-corrected chi connectivity index (χ3v) is 8.56. The molecule has 1 aliphatic carbocycles. The van der Waals surface area contributed by atoms with Crippen LogP contribution in [0.1, 0.15) is 66.5 Å². The van der Waals surface area contributed by atoms with Crippen LogP contribution in [-0.2, 0) is 38.4 Å². The molecule has 43 heavy (non-hydrogen) atoms. The van der Waals surface area contributed by atoms with Crippen molar-refractivity contribution in [3.05, 3.63) is 99.9 Å². The maximum atomic E-state index is 13.8. The van der Waals surface area contributed by atoms with Crippen molar-refractivity contribution in [1.82, 2.24) is 10.5 Å². The van der Waals surface area contributed by atoms with E-state index in [1.54, 1.807) is 11.8 Å². The number of thioether (sulfide) groups is 1. The minimum atomic E-state index is -0.998. The van der Waals surface area contributed by atoms with Gasteiger partial charge in [-0.2, -0.15) is 0 Å². The van der Waals surface area contributed by atoms with Crippen LogP contribution in [0.3, 0.4) is 0 Å². The molecule has 7 nitrogen and oxygen atoms in total. The largest absolute Gasteiger partial charge is 0.533 e. The Morgan fingerprint density at radius 2 is 1.77 bits per heavy atom. The monoisotopic (exact) mass is 600 g/mol. The molecule has 1 N–H and O–H groups in total. The number of rotatable bonds is 13. The Hall–Kier alpha value is -3.75. The normalized spacial score (nSPS) is 15.7. The maximum absolute atomic E-state index is 13.8. The highest BCUT2D eigenvalue weighted by atomic mass is 32.2. The van der Waals surface area contributed by atoms with Gasteiger partial charge in [0.2, 0.25) is 0 Å². The average molecular weight is 601 g/mol. The average Bonchev–Trinajstić information content (AvgIpc) is 3.00. The molecule has 2 aromatic carbocycles. The van der Waals surface area contributed by atoms with Crippen LogP contribution in [0.25, 0.3) is 5.57 Å². The lowest BCUT2D eigenvalue weighted by atomic mass is 9.79. The molecule has 0 spiro atoms. The molecule has 1 aliphatic rings. The number of allylic oxidation sites excluding steroid dienone is 2. The van der Waals surface area contributed by atoms with E-state index >= 15 is 0 Å². The summed E-state index contributed by atoms with van der Waals surface area (Å²) in [6.45, 7) is 8.19. The van der Waals surface area contributed by atoms with Crippen LogP contribution < -0.4 is 5.48 Å². The Bertz CT molecular complexity index is 1430. The fourth-order valence-corrected chi connectivity index (χ4v) is 6.40. The second-order valence-electron chi connectivity index (χ2n) is 11.0. The molecule has 0 saturated carbocycles. The van der Waals surface area contributed by atoms with Crippen LogP contribution in [0, 0.1) is 19.8 Å². The standard InChI is InChI=1S/C35H40N2O5S/c1-5-27-16-24(4)17-28(6-2)33(27)34-30(39)19-26(14-15-43-32-13-12-23(3)21-36-32)20-31(34)41-35(40)42-37-29(22-38)18-25-10-8-7-9-11-25/h7-13,16-17,21-22,26,29,37H,5-6,14-15,18-20H2,1-4H3/t26?,29-/m0/s1. The lowest BCUT2D eigenvalue weighted by Gasteiger charge is -2.28. The fraction of sp³-hybridized carbons (Fsp3) is 0.371. The number of benzene rings is 2. The predicted octanol–water partition coefficient (Wildman–Crippen LogP) is 7.16. The van der Waals surface area contributed by atoms with Gasteiger partial charge in [-0.25, -0.2) is 9.78 Å². The second-order valence-corrected chi connectivity index (χ2v) is 12.1. The zero-order valence-corrected chi connectivity index (χ0v) is 26.2. The first-order chi connectivity index (χ1) is 20.8. The SMILES string of the molecule is CCc1cc(C)cc(CC)c1C1=C(OC(=O)ON[C@H](C=O)Cc2ccccc2)CC(CCSc2ccc(C)cn2)CC1=O. The van der Waals surface area contributed by atoms with Crippen molar-refractivity contribution in [3.63, 3.8) is 0 Å². The van der Waals surface area contributed by atoms with E-state index in [1.165, 1.54) is 0 Å². The van der Waals surface area contributed by atoms with Gasteiger partial charge in [-0.05, 0) is 85.1 Å². The van der Waals surface area contributed by atoms with Crippen LogP contribution in [0.4, 0.5) is 4.79 Å². The molecule has 0 fully saturated rings. The zero-order valence-electron chi connectivity index (χ0n) is 25.4. The van der Waals surface area contributed by atoms with Gasteiger partial charge in [-0.3, -0.25) is 4.79 Å². The number of hydrogen-bond donors (Lipinski definition) is 1. The first kappa shape index (κ1) is 32.2. The quantitative estimate of drug-likeness (QED) is 0.0956. The Morgan fingerprint density at radius 3 is 2.40 bits per heavy atom. The molecular formula is C35H40N2O5S. The second kappa shape index (κ2) is 15.6. The molecule has 1 heterocycles. The van der Waals surface area contributed by atoms with Gasteiger partial charge in [-0.15, -0.1) is 17.2 Å². The van der Waals surface area contributed by atoms with E-state index in [1.807, 2.05) is 55.6 Å². The number of aldehydes is 1. The third kappa shape index (κ3) is 8.88. The number of nitrogens with zero attached hydrogens (tertiary/aromatic N) is 1. The number of carbonyl (C=O) groups excluding carboxylic acids is 3. The van der Waals surface area contributed by atoms with Crippen molar-refractivity contribution in [2.75, 3.05) is 5.75 Å². The molecular weight excluding hydrogens is 560 g/mol. The highest BCUT2D eigenvalue weighted by molar-refractivity contribution is 7.99. The number of aromatic nitrogens is 1. The van der Waals surface area contributed by atoms with E-state index in [9.17, 15) is 14.4 Å². The molecule has 3 aromatic rings. The van der Waals surface area contributed by atoms with Gasteiger partial charge in [0, 0.05) is 19.0 Å². The minimum absolute atomic E-state index is 0.00589. The Morgan fingerprint density at radius 1 is 1.05 bits per heavy atom. The van der Waals surface area contributed by atoms with Crippen LogP contribution in [0.15, 0.2) is 71.6 Å². The molecule has 226 valence electrons. The number of carbonyl (C=O) groups is 3. The number of ketones is 1. The lowest BCUT2D eigenvalue weighted by Crippen LogP contribution is -2.35. The van der Waals surface area contributed by atoms with E-state index in [0.29, 0.717) is 36.9 Å². The van der Waals surface area contributed by atoms with Gasteiger partial charge < -0.3 is 14.4 Å². The summed E-state index contributed by atoms with van der Waals surface area (Å²) < 4.78 is 5.81. The highest BCUT2D eigenvalue weighted by Gasteiger charge is 2.33. The van der Waals surface area contributed by atoms with Crippen LogP contribution in [0.2, 0.25) is 0 Å². The number of hydroxylamine groups is 1. The number of nitrogens with one attached hydrogen (secondary N) is 1. The molecule has 0 saturated heterocycles. The smallest absolute Gasteiger partial charge is 0.398 e. The van der Waals surface area contributed by atoms with Gasteiger partial charge in [0.05, 0.1) is 10.6 Å².